The van der Waals surface area contributed by atoms with E-state index in [4.69, 9.17) is 0 Å². The van der Waals surface area contributed by atoms with E-state index in [1.807, 2.05) is 0 Å². The maximum atomic E-state index is 11.9. The molecule has 1 aliphatic rings. The van der Waals surface area contributed by atoms with E-state index < -0.39 is 9.84 Å². The minimum absolute atomic E-state index is 0.156. The molecule has 1 aliphatic carbocycles. The molecule has 112 valence electrons. The van der Waals surface area contributed by atoms with E-state index in [9.17, 15) is 8.42 Å². The molecule has 0 spiro atoms. The predicted molar refractivity (Wildman–Crippen MR) is 83.7 cm³/mol. The zero-order valence-electron chi connectivity index (χ0n) is 12.9. The second kappa shape index (κ2) is 5.86. The number of rotatable bonds is 4. The molecule has 2 unspecified atom stereocenters. The molecule has 20 heavy (non-hydrogen) atoms. The highest BCUT2D eigenvalue weighted by Crippen LogP contribution is 2.30. The number of benzene rings is 1. The first-order chi connectivity index (χ1) is 9.30. The summed E-state index contributed by atoms with van der Waals surface area (Å²) in [5, 5.41) is -0.197. The Labute approximate surface area is 122 Å². The van der Waals surface area contributed by atoms with Gasteiger partial charge in [0.05, 0.1) is 5.25 Å². The van der Waals surface area contributed by atoms with Crippen LogP contribution in [0.2, 0.25) is 0 Å². The molecule has 2 atom stereocenters. The van der Waals surface area contributed by atoms with Crippen LogP contribution in [0.3, 0.4) is 0 Å². The van der Waals surface area contributed by atoms with Crippen molar-refractivity contribution in [2.45, 2.75) is 50.9 Å². The van der Waals surface area contributed by atoms with Crippen molar-refractivity contribution in [3.8, 4) is 0 Å². The van der Waals surface area contributed by atoms with E-state index >= 15 is 0 Å². The van der Waals surface area contributed by atoms with Crippen molar-refractivity contribution in [1.82, 2.24) is 4.90 Å². The van der Waals surface area contributed by atoms with Crippen molar-refractivity contribution in [2.75, 3.05) is 13.3 Å². The number of sulfone groups is 1. The predicted octanol–water partition coefficient (Wildman–Crippen LogP) is 2.70. The third-order valence-corrected chi connectivity index (χ3v) is 6.24. The van der Waals surface area contributed by atoms with E-state index in [1.165, 1.54) is 22.9 Å². The van der Waals surface area contributed by atoms with Crippen molar-refractivity contribution in [3.05, 3.63) is 34.9 Å². The van der Waals surface area contributed by atoms with Crippen LogP contribution in [0.1, 0.15) is 36.0 Å². The van der Waals surface area contributed by atoms with Crippen LogP contribution in [0.25, 0.3) is 0 Å². The van der Waals surface area contributed by atoms with Crippen molar-refractivity contribution >= 4 is 9.84 Å². The van der Waals surface area contributed by atoms with E-state index in [-0.39, 0.29) is 11.3 Å². The van der Waals surface area contributed by atoms with Gasteiger partial charge in [0.15, 0.2) is 9.84 Å². The fourth-order valence-corrected chi connectivity index (χ4v) is 4.88. The van der Waals surface area contributed by atoms with Crippen LogP contribution in [0.4, 0.5) is 0 Å². The first-order valence-electron chi connectivity index (χ1n) is 7.25. The van der Waals surface area contributed by atoms with Gasteiger partial charge in [0.2, 0.25) is 0 Å². The summed E-state index contributed by atoms with van der Waals surface area (Å²) in [4.78, 5) is 2.23. The summed E-state index contributed by atoms with van der Waals surface area (Å²) in [6, 6.07) is 6.48. The Morgan fingerprint density at radius 1 is 1.20 bits per heavy atom. The highest BCUT2D eigenvalue weighted by molar-refractivity contribution is 7.91. The first kappa shape index (κ1) is 15.5. The lowest BCUT2D eigenvalue weighted by Crippen LogP contribution is -2.41. The lowest BCUT2D eigenvalue weighted by atomic mass is 10.0. The summed E-state index contributed by atoms with van der Waals surface area (Å²) in [5.74, 6) is 0. The second-order valence-corrected chi connectivity index (χ2v) is 8.42. The molecular weight excluding hydrogens is 270 g/mol. The highest BCUT2D eigenvalue weighted by Gasteiger charge is 2.37. The van der Waals surface area contributed by atoms with Crippen molar-refractivity contribution in [2.24, 2.45) is 0 Å². The Bertz CT molecular complexity index is 560. The molecule has 3 nitrogen and oxygen atoms in total. The Hall–Kier alpha value is -0.870. The van der Waals surface area contributed by atoms with Gasteiger partial charge < -0.3 is 0 Å². The maximum absolute atomic E-state index is 11.9. The van der Waals surface area contributed by atoms with Gasteiger partial charge in [0.1, 0.15) is 0 Å². The SMILES string of the molecule is Cc1cccc(C)c1CN(C)C1CCCC1S(C)(=O)=O. The number of hydrogen-bond donors (Lipinski definition) is 0. The molecule has 1 aromatic rings. The van der Waals surface area contributed by atoms with Crippen LogP contribution >= 0.6 is 0 Å². The summed E-state index contributed by atoms with van der Waals surface area (Å²) in [6.45, 7) is 5.08. The average Bonchev–Trinajstić information content (AvgIpc) is 2.82. The van der Waals surface area contributed by atoms with Gasteiger partial charge >= 0.3 is 0 Å². The summed E-state index contributed by atoms with van der Waals surface area (Å²) in [6.07, 6.45) is 4.18. The molecule has 0 heterocycles. The van der Waals surface area contributed by atoms with Crippen molar-refractivity contribution in [1.29, 1.82) is 0 Å². The third-order valence-electron chi connectivity index (χ3n) is 4.59. The lowest BCUT2D eigenvalue weighted by Gasteiger charge is -2.29. The minimum Gasteiger partial charge on any atom is -0.298 e. The van der Waals surface area contributed by atoms with E-state index in [0.717, 1.165) is 25.8 Å². The normalized spacial score (nSPS) is 23.4. The molecule has 4 heteroatoms. The second-order valence-electron chi connectivity index (χ2n) is 6.15. The minimum atomic E-state index is -2.95. The number of aryl methyl sites for hydroxylation is 2. The Morgan fingerprint density at radius 2 is 1.80 bits per heavy atom. The smallest absolute Gasteiger partial charge is 0.151 e. The van der Waals surface area contributed by atoms with Gasteiger partial charge in [-0.15, -0.1) is 0 Å². The van der Waals surface area contributed by atoms with E-state index in [1.54, 1.807) is 0 Å². The molecule has 0 aliphatic heterocycles. The van der Waals surface area contributed by atoms with Crippen LogP contribution in [0, 0.1) is 13.8 Å². The zero-order valence-corrected chi connectivity index (χ0v) is 13.7. The quantitative estimate of drug-likeness (QED) is 0.857. The standard InChI is InChI=1S/C16H25NO2S/c1-12-7-5-8-13(2)14(12)11-17(3)15-9-6-10-16(15)20(4,18)19/h5,7-8,15-16H,6,9-11H2,1-4H3. The molecule has 0 bridgehead atoms. The van der Waals surface area contributed by atoms with E-state index in [2.05, 4.69) is 44.0 Å². The van der Waals surface area contributed by atoms with Gasteiger partial charge in [-0.3, -0.25) is 4.90 Å². The molecule has 2 rings (SSSR count). The van der Waals surface area contributed by atoms with Crippen LogP contribution < -0.4 is 0 Å². The van der Waals surface area contributed by atoms with Gasteiger partial charge in [0.25, 0.3) is 0 Å². The highest BCUT2D eigenvalue weighted by atomic mass is 32.2. The summed E-state index contributed by atoms with van der Waals surface area (Å²) >= 11 is 0. The van der Waals surface area contributed by atoms with Crippen LogP contribution in [0.5, 0.6) is 0 Å². The Balaban J connectivity index is 2.18. The Kier molecular flexibility index (Phi) is 4.55. The topological polar surface area (TPSA) is 37.4 Å². The lowest BCUT2D eigenvalue weighted by molar-refractivity contribution is 0.238. The monoisotopic (exact) mass is 295 g/mol. The Morgan fingerprint density at radius 3 is 2.35 bits per heavy atom. The van der Waals surface area contributed by atoms with Crippen LogP contribution in [-0.4, -0.2) is 37.9 Å². The zero-order chi connectivity index (χ0) is 14.9. The molecule has 0 aromatic heterocycles. The summed E-state index contributed by atoms with van der Waals surface area (Å²) < 4.78 is 23.8. The van der Waals surface area contributed by atoms with E-state index in [0.29, 0.717) is 0 Å². The molecule has 0 saturated heterocycles. The molecule has 1 aromatic carbocycles. The largest absolute Gasteiger partial charge is 0.298 e. The van der Waals surface area contributed by atoms with Crippen LogP contribution in [-0.2, 0) is 16.4 Å². The number of hydrogen-bond acceptors (Lipinski definition) is 3. The van der Waals surface area contributed by atoms with Crippen LogP contribution in [0.15, 0.2) is 18.2 Å². The summed E-state index contributed by atoms with van der Waals surface area (Å²) in [5.41, 5.74) is 3.89. The fraction of sp³-hybridized carbons (Fsp3) is 0.625. The fourth-order valence-electron chi connectivity index (χ4n) is 3.38. The number of nitrogens with zero attached hydrogens (tertiary/aromatic N) is 1. The average molecular weight is 295 g/mol. The molecule has 0 N–H and O–H groups in total. The van der Waals surface area contributed by atoms with Crippen molar-refractivity contribution < 1.29 is 8.42 Å². The first-order valence-corrected chi connectivity index (χ1v) is 9.20. The van der Waals surface area contributed by atoms with Crippen molar-refractivity contribution in [3.63, 3.8) is 0 Å². The molecule has 0 radical (unpaired) electrons. The molecule has 1 fully saturated rings. The van der Waals surface area contributed by atoms with Gasteiger partial charge in [-0.25, -0.2) is 8.42 Å². The summed E-state index contributed by atoms with van der Waals surface area (Å²) in [7, 11) is -0.895. The third kappa shape index (κ3) is 3.23. The molecule has 0 amide bonds. The molecular formula is C16H25NO2S. The molecule has 1 saturated carbocycles. The van der Waals surface area contributed by atoms with Gasteiger partial charge in [0, 0.05) is 18.8 Å². The maximum Gasteiger partial charge on any atom is 0.151 e. The van der Waals surface area contributed by atoms with Gasteiger partial charge in [-0.2, -0.15) is 0 Å². The van der Waals surface area contributed by atoms with Gasteiger partial charge in [-0.1, -0.05) is 24.6 Å². The van der Waals surface area contributed by atoms with Gasteiger partial charge in [-0.05, 0) is 50.4 Å².